The average Bonchev–Trinajstić information content (AvgIpc) is 3.16. The van der Waals surface area contributed by atoms with Crippen molar-refractivity contribution in [1.82, 2.24) is 9.80 Å². The van der Waals surface area contributed by atoms with E-state index in [9.17, 15) is 9.59 Å². The number of methoxy groups -OCH3 is 2. The number of rotatable bonds is 8. The fourth-order valence-corrected chi connectivity index (χ4v) is 3.67. The van der Waals surface area contributed by atoms with Gasteiger partial charge in [0, 0.05) is 38.3 Å². The van der Waals surface area contributed by atoms with Crippen molar-refractivity contribution in [2.45, 2.75) is 6.42 Å². The summed E-state index contributed by atoms with van der Waals surface area (Å²) >= 11 is 0. The number of ether oxygens (including phenoxy) is 2. The van der Waals surface area contributed by atoms with Crippen molar-refractivity contribution in [2.75, 3.05) is 40.4 Å². The molecule has 2 aromatic rings. The Morgan fingerprint density at radius 3 is 1.57 bits per heavy atom. The molecule has 0 aromatic heterocycles. The molecule has 0 bridgehead atoms. The summed E-state index contributed by atoms with van der Waals surface area (Å²) in [5, 5.41) is 0. The van der Waals surface area contributed by atoms with Crippen molar-refractivity contribution < 1.29 is 19.1 Å². The summed E-state index contributed by atoms with van der Waals surface area (Å²) in [7, 11) is 3.27. The van der Waals surface area contributed by atoms with Gasteiger partial charge < -0.3 is 19.3 Å². The predicted octanol–water partition coefficient (Wildman–Crippen LogP) is 4.60. The number of hydrogen-bond donors (Lipinski definition) is 0. The minimum atomic E-state index is -0.0497. The summed E-state index contributed by atoms with van der Waals surface area (Å²) in [5.74, 6) is 1.48. The molecular formula is C29H32N2O4. The zero-order valence-electron chi connectivity index (χ0n) is 20.3. The van der Waals surface area contributed by atoms with Crippen molar-refractivity contribution in [2.24, 2.45) is 0 Å². The molecule has 3 rings (SSSR count). The molecule has 2 aromatic carbocycles. The van der Waals surface area contributed by atoms with Gasteiger partial charge >= 0.3 is 0 Å². The number of benzene rings is 2. The summed E-state index contributed by atoms with van der Waals surface area (Å²) in [6, 6.07) is 15.4. The van der Waals surface area contributed by atoms with E-state index in [0.717, 1.165) is 29.0 Å². The number of allylic oxidation sites excluding steroid dienone is 4. The second-order valence-corrected chi connectivity index (χ2v) is 7.99. The van der Waals surface area contributed by atoms with Crippen molar-refractivity contribution in [3.05, 3.63) is 96.1 Å². The first-order valence-electron chi connectivity index (χ1n) is 11.6. The third-order valence-corrected chi connectivity index (χ3v) is 5.58. The minimum Gasteiger partial charge on any atom is -0.497 e. The lowest BCUT2D eigenvalue weighted by atomic mass is 10.2. The second-order valence-electron chi connectivity index (χ2n) is 7.99. The van der Waals surface area contributed by atoms with Crippen LogP contribution in [0, 0.1) is 0 Å². The Hall–Kier alpha value is -4.06. The van der Waals surface area contributed by atoms with Crippen LogP contribution in [-0.2, 0) is 9.59 Å². The molecule has 0 saturated carbocycles. The number of carbonyl (C=O) groups excluding carboxylic acids is 2. The molecule has 0 N–H and O–H groups in total. The topological polar surface area (TPSA) is 59.1 Å². The molecule has 0 unspecified atom stereocenters. The number of hydrogen-bond acceptors (Lipinski definition) is 4. The van der Waals surface area contributed by atoms with Gasteiger partial charge in [-0.1, -0.05) is 60.7 Å². The lowest BCUT2D eigenvalue weighted by Crippen LogP contribution is -2.36. The average molecular weight is 473 g/mol. The van der Waals surface area contributed by atoms with Crippen LogP contribution >= 0.6 is 0 Å². The standard InChI is InChI=1S/C29H32N2O4/c1-34-26-14-7-12-24(22-26)10-3-5-16-28(32)30-18-9-19-31(21-20-30)29(33)17-6-4-11-25-13-8-15-27(23-25)35-2/h3-8,10-17,22-23H,9,18-21H2,1-2H3. The molecular weight excluding hydrogens is 440 g/mol. The van der Waals surface area contributed by atoms with Crippen LogP contribution < -0.4 is 9.47 Å². The van der Waals surface area contributed by atoms with E-state index in [4.69, 9.17) is 9.47 Å². The fourth-order valence-electron chi connectivity index (χ4n) is 3.67. The maximum absolute atomic E-state index is 12.6. The van der Waals surface area contributed by atoms with Gasteiger partial charge in [-0.2, -0.15) is 0 Å². The highest BCUT2D eigenvalue weighted by molar-refractivity contribution is 5.89. The van der Waals surface area contributed by atoms with Crippen LogP contribution in [0.1, 0.15) is 17.5 Å². The minimum absolute atomic E-state index is 0.0497. The molecule has 1 aliphatic heterocycles. The van der Waals surface area contributed by atoms with E-state index in [1.165, 1.54) is 0 Å². The van der Waals surface area contributed by atoms with E-state index in [1.807, 2.05) is 72.8 Å². The highest BCUT2D eigenvalue weighted by atomic mass is 16.5. The largest absolute Gasteiger partial charge is 0.497 e. The maximum atomic E-state index is 12.6. The number of carbonyl (C=O) groups is 2. The molecule has 6 nitrogen and oxygen atoms in total. The van der Waals surface area contributed by atoms with Crippen LogP contribution in [0.3, 0.4) is 0 Å². The van der Waals surface area contributed by atoms with E-state index >= 15 is 0 Å². The van der Waals surface area contributed by atoms with E-state index in [-0.39, 0.29) is 11.8 Å². The molecule has 0 aliphatic carbocycles. The zero-order chi connectivity index (χ0) is 24.9. The lowest BCUT2D eigenvalue weighted by Gasteiger charge is -2.20. The molecule has 1 fully saturated rings. The van der Waals surface area contributed by atoms with Crippen LogP contribution in [0.4, 0.5) is 0 Å². The number of nitrogens with zero attached hydrogens (tertiary/aromatic N) is 2. The van der Waals surface area contributed by atoms with Crippen molar-refractivity contribution in [3.8, 4) is 11.5 Å². The summed E-state index contributed by atoms with van der Waals surface area (Å²) in [6.07, 6.45) is 14.9. The SMILES string of the molecule is COc1cccc(C=CC=CC(=O)N2CCCN(C(=O)C=CC=Cc3cccc(OC)c3)CC2)c1. The van der Waals surface area contributed by atoms with Crippen LogP contribution in [0.25, 0.3) is 12.2 Å². The third-order valence-electron chi connectivity index (χ3n) is 5.58. The van der Waals surface area contributed by atoms with E-state index < -0.39 is 0 Å². The summed E-state index contributed by atoms with van der Waals surface area (Å²) in [4.78, 5) is 28.7. The zero-order valence-corrected chi connectivity index (χ0v) is 20.3. The second kappa shape index (κ2) is 13.6. The van der Waals surface area contributed by atoms with Crippen molar-refractivity contribution in [3.63, 3.8) is 0 Å². The monoisotopic (exact) mass is 472 g/mol. The van der Waals surface area contributed by atoms with Gasteiger partial charge in [-0.3, -0.25) is 9.59 Å². The molecule has 1 aliphatic rings. The molecule has 35 heavy (non-hydrogen) atoms. The number of amides is 2. The van der Waals surface area contributed by atoms with E-state index in [2.05, 4.69) is 0 Å². The molecule has 0 spiro atoms. The van der Waals surface area contributed by atoms with Crippen molar-refractivity contribution >= 4 is 24.0 Å². The Labute approximate surface area is 207 Å². The predicted molar refractivity (Wildman–Crippen MR) is 140 cm³/mol. The molecule has 2 amide bonds. The summed E-state index contributed by atoms with van der Waals surface area (Å²) in [6.45, 7) is 2.29. The molecule has 182 valence electrons. The van der Waals surface area contributed by atoms with E-state index in [0.29, 0.717) is 26.2 Å². The van der Waals surface area contributed by atoms with E-state index in [1.54, 1.807) is 48.3 Å². The summed E-state index contributed by atoms with van der Waals surface area (Å²) < 4.78 is 10.4. The van der Waals surface area contributed by atoms with Gasteiger partial charge in [0.05, 0.1) is 14.2 Å². The van der Waals surface area contributed by atoms with Crippen molar-refractivity contribution in [1.29, 1.82) is 0 Å². The lowest BCUT2D eigenvalue weighted by molar-refractivity contribution is -0.128. The molecule has 1 saturated heterocycles. The maximum Gasteiger partial charge on any atom is 0.246 e. The Morgan fingerprint density at radius 1 is 0.686 bits per heavy atom. The smallest absolute Gasteiger partial charge is 0.246 e. The van der Waals surface area contributed by atoms with Gasteiger partial charge in [-0.15, -0.1) is 0 Å². The van der Waals surface area contributed by atoms with Crippen LogP contribution in [0.5, 0.6) is 11.5 Å². The normalized spacial score (nSPS) is 14.8. The van der Waals surface area contributed by atoms with Crippen LogP contribution in [0.15, 0.2) is 85.0 Å². The molecule has 6 heteroatoms. The molecule has 1 heterocycles. The van der Waals surface area contributed by atoms with Crippen LogP contribution in [-0.4, -0.2) is 62.0 Å². The first kappa shape index (κ1) is 25.6. The first-order valence-corrected chi connectivity index (χ1v) is 11.6. The molecule has 0 radical (unpaired) electrons. The van der Waals surface area contributed by atoms with Gasteiger partial charge in [-0.25, -0.2) is 0 Å². The highest BCUT2D eigenvalue weighted by Crippen LogP contribution is 2.14. The van der Waals surface area contributed by atoms with Gasteiger partial charge in [0.2, 0.25) is 11.8 Å². The summed E-state index contributed by atoms with van der Waals surface area (Å²) in [5.41, 5.74) is 1.99. The third kappa shape index (κ3) is 8.34. The fraction of sp³-hybridized carbons (Fsp3) is 0.241. The quantitative estimate of drug-likeness (QED) is 0.416. The highest BCUT2D eigenvalue weighted by Gasteiger charge is 2.19. The Bertz CT molecular complexity index is 1030. The van der Waals surface area contributed by atoms with Gasteiger partial charge in [0.25, 0.3) is 0 Å². The van der Waals surface area contributed by atoms with Gasteiger partial charge in [0.15, 0.2) is 0 Å². The Morgan fingerprint density at radius 2 is 1.14 bits per heavy atom. The first-order chi connectivity index (χ1) is 17.1. The Balaban J connectivity index is 1.46. The van der Waals surface area contributed by atoms with Gasteiger partial charge in [0.1, 0.15) is 11.5 Å². The molecule has 0 atom stereocenters. The van der Waals surface area contributed by atoms with Gasteiger partial charge in [-0.05, 0) is 41.8 Å². The Kier molecular flexibility index (Phi) is 9.93. The van der Waals surface area contributed by atoms with Crippen LogP contribution in [0.2, 0.25) is 0 Å².